The number of pyridine rings is 1. The molecule has 1 unspecified atom stereocenters. The van der Waals surface area contributed by atoms with Crippen molar-refractivity contribution in [1.29, 1.82) is 0 Å². The molecular weight excluding hydrogens is 419 g/mol. The second-order valence-electron chi connectivity index (χ2n) is 6.86. The Morgan fingerprint density at radius 2 is 2.07 bits per heavy atom. The Balaban J connectivity index is 1.63. The molecule has 0 saturated heterocycles. The quantitative estimate of drug-likeness (QED) is 0.673. The van der Waals surface area contributed by atoms with Gasteiger partial charge in [0.25, 0.3) is 5.56 Å². The zero-order valence-corrected chi connectivity index (χ0v) is 16.8. The molecule has 1 aliphatic rings. The van der Waals surface area contributed by atoms with Gasteiger partial charge in [-0.2, -0.15) is 0 Å². The monoisotopic (exact) mass is 434 g/mol. The van der Waals surface area contributed by atoms with Crippen LogP contribution in [-0.2, 0) is 10.0 Å². The summed E-state index contributed by atoms with van der Waals surface area (Å²) in [4.78, 5) is 14.7. The second-order valence-corrected chi connectivity index (χ2v) is 9.55. The topological polar surface area (TPSA) is 81.2 Å². The highest BCUT2D eigenvalue weighted by Crippen LogP contribution is 2.33. The molecule has 2 heterocycles. The maximum atomic E-state index is 13.6. The number of hydrogen-bond acceptors (Lipinski definition) is 4. The molecule has 1 N–H and O–H groups in total. The summed E-state index contributed by atoms with van der Waals surface area (Å²) in [5.74, 6) is 0.0217. The van der Waals surface area contributed by atoms with E-state index in [9.17, 15) is 17.6 Å². The standard InChI is InChI=1S/C20H16ClFN2O4S/c1-20(29(26,27)24-11-7-13-6-10-23-19(25)18(13)24)8-4-14(5-9-20)28-15-2-3-16(21)17(22)12-15/h2-8,10-12H,9H2,1H3,(H,23,25). The first-order chi connectivity index (χ1) is 13.7. The van der Waals surface area contributed by atoms with Crippen LogP contribution in [-0.4, -0.2) is 22.1 Å². The summed E-state index contributed by atoms with van der Waals surface area (Å²) >= 11 is 5.66. The van der Waals surface area contributed by atoms with E-state index in [2.05, 4.69) is 4.98 Å². The van der Waals surface area contributed by atoms with Gasteiger partial charge in [0.05, 0.1) is 5.02 Å². The number of hydrogen-bond donors (Lipinski definition) is 1. The van der Waals surface area contributed by atoms with E-state index in [0.717, 1.165) is 10.0 Å². The summed E-state index contributed by atoms with van der Waals surface area (Å²) in [6.07, 6.45) is 7.59. The number of aromatic nitrogens is 2. The Bertz CT molecular complexity index is 1340. The molecule has 1 atom stereocenters. The van der Waals surface area contributed by atoms with Crippen LogP contribution in [0.15, 0.2) is 71.5 Å². The maximum absolute atomic E-state index is 13.6. The van der Waals surface area contributed by atoms with Crippen molar-refractivity contribution >= 4 is 32.5 Å². The molecule has 0 bridgehead atoms. The summed E-state index contributed by atoms with van der Waals surface area (Å²) in [5, 5.41) is 0.517. The minimum atomic E-state index is -3.94. The minimum absolute atomic E-state index is 0.0156. The van der Waals surface area contributed by atoms with Gasteiger partial charge in [0.15, 0.2) is 0 Å². The average Bonchev–Trinajstić information content (AvgIpc) is 3.13. The lowest BCUT2D eigenvalue weighted by molar-refractivity contribution is 0.431. The number of nitrogens with zero attached hydrogens (tertiary/aromatic N) is 1. The predicted octanol–water partition coefficient (Wildman–Crippen LogP) is 3.98. The highest BCUT2D eigenvalue weighted by Gasteiger charge is 2.40. The van der Waals surface area contributed by atoms with E-state index in [-0.39, 0.29) is 22.7 Å². The van der Waals surface area contributed by atoms with Gasteiger partial charge in [-0.25, -0.2) is 16.8 Å². The van der Waals surface area contributed by atoms with Gasteiger partial charge in [-0.15, -0.1) is 0 Å². The molecule has 0 saturated carbocycles. The highest BCUT2D eigenvalue weighted by molar-refractivity contribution is 7.91. The van der Waals surface area contributed by atoms with Gasteiger partial charge in [-0.3, -0.25) is 4.79 Å². The van der Waals surface area contributed by atoms with Crippen molar-refractivity contribution < 1.29 is 17.5 Å². The Kier molecular flexibility index (Phi) is 4.63. The van der Waals surface area contributed by atoms with Crippen LogP contribution in [0.4, 0.5) is 4.39 Å². The molecule has 29 heavy (non-hydrogen) atoms. The zero-order chi connectivity index (χ0) is 20.8. The molecule has 0 spiro atoms. The summed E-state index contributed by atoms with van der Waals surface area (Å²) < 4.78 is 45.5. The van der Waals surface area contributed by atoms with Crippen molar-refractivity contribution in [3.63, 3.8) is 0 Å². The number of aromatic amines is 1. The summed E-state index contributed by atoms with van der Waals surface area (Å²) in [5.41, 5.74) is -0.409. The van der Waals surface area contributed by atoms with Crippen LogP contribution in [0.5, 0.6) is 5.75 Å². The van der Waals surface area contributed by atoms with Gasteiger partial charge >= 0.3 is 0 Å². The third-order valence-electron chi connectivity index (χ3n) is 4.86. The molecular formula is C20H16ClFN2O4S. The molecule has 0 amide bonds. The molecule has 0 fully saturated rings. The number of H-pyrrole nitrogens is 1. The van der Waals surface area contributed by atoms with Crippen LogP contribution in [0.1, 0.15) is 13.3 Å². The second kappa shape index (κ2) is 6.89. The Morgan fingerprint density at radius 1 is 1.28 bits per heavy atom. The van der Waals surface area contributed by atoms with E-state index < -0.39 is 26.1 Å². The van der Waals surface area contributed by atoms with E-state index >= 15 is 0 Å². The van der Waals surface area contributed by atoms with Gasteiger partial charge in [0.1, 0.15) is 27.6 Å². The van der Waals surface area contributed by atoms with E-state index in [0.29, 0.717) is 11.1 Å². The van der Waals surface area contributed by atoms with E-state index in [1.165, 1.54) is 36.7 Å². The van der Waals surface area contributed by atoms with Gasteiger partial charge < -0.3 is 9.72 Å². The molecule has 2 aromatic heterocycles. The molecule has 4 rings (SSSR count). The third-order valence-corrected chi connectivity index (χ3v) is 7.47. The van der Waals surface area contributed by atoms with Crippen molar-refractivity contribution in [2.75, 3.05) is 0 Å². The first kappa shape index (κ1) is 19.5. The van der Waals surface area contributed by atoms with Gasteiger partial charge in [-0.1, -0.05) is 17.7 Å². The van der Waals surface area contributed by atoms with Crippen molar-refractivity contribution in [2.45, 2.75) is 18.1 Å². The van der Waals surface area contributed by atoms with Crippen LogP contribution in [0, 0.1) is 5.82 Å². The molecule has 6 nitrogen and oxygen atoms in total. The lowest BCUT2D eigenvalue weighted by Crippen LogP contribution is -2.39. The third kappa shape index (κ3) is 3.28. The fraction of sp³-hybridized carbons (Fsp3) is 0.150. The lowest BCUT2D eigenvalue weighted by Gasteiger charge is -2.28. The van der Waals surface area contributed by atoms with Crippen molar-refractivity contribution in [2.24, 2.45) is 0 Å². The summed E-state index contributed by atoms with van der Waals surface area (Å²) in [7, 11) is -3.94. The van der Waals surface area contributed by atoms with Crippen LogP contribution in [0.25, 0.3) is 10.9 Å². The van der Waals surface area contributed by atoms with Gasteiger partial charge in [-0.05, 0) is 49.8 Å². The SMILES string of the molecule is CC1(S(=O)(=O)n2ccc3cc[nH]c(=O)c32)C=CC(Oc2ccc(Cl)c(F)c2)=CC1. The highest BCUT2D eigenvalue weighted by atomic mass is 35.5. The molecule has 1 aliphatic carbocycles. The molecule has 0 aliphatic heterocycles. The average molecular weight is 435 g/mol. The molecule has 3 aromatic rings. The number of allylic oxidation sites excluding steroid dienone is 2. The maximum Gasteiger partial charge on any atom is 0.273 e. The van der Waals surface area contributed by atoms with E-state index in [1.807, 2.05) is 0 Å². The number of halogens is 2. The van der Waals surface area contributed by atoms with Crippen LogP contribution in [0.3, 0.4) is 0 Å². The molecule has 0 radical (unpaired) electrons. The number of benzene rings is 1. The van der Waals surface area contributed by atoms with Crippen molar-refractivity contribution in [1.82, 2.24) is 8.96 Å². The Morgan fingerprint density at radius 3 is 2.76 bits per heavy atom. The number of nitrogens with one attached hydrogen (secondary N) is 1. The van der Waals surface area contributed by atoms with Crippen molar-refractivity contribution in [3.8, 4) is 5.75 Å². The smallest absolute Gasteiger partial charge is 0.273 e. The fourth-order valence-electron chi connectivity index (χ4n) is 3.14. The Labute approximate surface area is 170 Å². The van der Waals surface area contributed by atoms with Crippen LogP contribution >= 0.6 is 11.6 Å². The van der Waals surface area contributed by atoms with E-state index in [4.69, 9.17) is 16.3 Å². The number of fused-ring (bicyclic) bond motifs is 1. The fourth-order valence-corrected chi connectivity index (χ4v) is 4.89. The van der Waals surface area contributed by atoms with Crippen LogP contribution < -0.4 is 10.3 Å². The first-order valence-corrected chi connectivity index (χ1v) is 10.5. The largest absolute Gasteiger partial charge is 0.458 e. The summed E-state index contributed by atoms with van der Waals surface area (Å²) in [6, 6.07) is 7.27. The lowest BCUT2D eigenvalue weighted by atomic mass is 10.0. The van der Waals surface area contributed by atoms with E-state index in [1.54, 1.807) is 25.1 Å². The Hall–Kier alpha value is -2.84. The predicted molar refractivity (Wildman–Crippen MR) is 109 cm³/mol. The number of rotatable bonds is 4. The number of ether oxygens (including phenoxy) is 1. The molecule has 1 aromatic carbocycles. The zero-order valence-electron chi connectivity index (χ0n) is 15.2. The normalized spacial score (nSPS) is 19.3. The minimum Gasteiger partial charge on any atom is -0.458 e. The van der Waals surface area contributed by atoms with Gasteiger partial charge in [0, 0.05) is 23.8 Å². The first-order valence-electron chi connectivity index (χ1n) is 8.67. The van der Waals surface area contributed by atoms with Gasteiger partial charge in [0.2, 0.25) is 10.0 Å². The van der Waals surface area contributed by atoms with Crippen molar-refractivity contribution in [3.05, 3.63) is 87.9 Å². The molecule has 9 heteroatoms. The summed E-state index contributed by atoms with van der Waals surface area (Å²) in [6.45, 7) is 1.57. The molecule has 150 valence electrons. The van der Waals surface area contributed by atoms with Crippen LogP contribution in [0.2, 0.25) is 5.02 Å².